The second-order valence-electron chi connectivity index (χ2n) is 5.28. The van der Waals surface area contributed by atoms with Crippen LogP contribution in [0.5, 0.6) is 5.75 Å². The van der Waals surface area contributed by atoms with Crippen LogP contribution in [0.25, 0.3) is 10.6 Å². The number of ketones is 1. The van der Waals surface area contributed by atoms with Crippen molar-refractivity contribution in [3.05, 3.63) is 23.2 Å². The molecule has 5 nitrogen and oxygen atoms in total. The number of carbonyl (C=O) groups excluding carboxylic acids is 2. The van der Waals surface area contributed by atoms with Crippen molar-refractivity contribution in [1.29, 1.82) is 0 Å². The van der Waals surface area contributed by atoms with Crippen LogP contribution < -0.4 is 10.1 Å². The maximum Gasteiger partial charge on any atom is 0.298 e. The number of nitrogens with one attached hydrogen (secondary N) is 2. The van der Waals surface area contributed by atoms with Gasteiger partial charge in [-0.25, -0.2) is 0 Å². The van der Waals surface area contributed by atoms with E-state index < -0.39 is 11.7 Å². The fraction of sp³-hybridized carbons (Fsp3) is 0.375. The summed E-state index contributed by atoms with van der Waals surface area (Å²) < 4.78 is 6.15. The summed E-state index contributed by atoms with van der Waals surface area (Å²) in [7, 11) is 0. The van der Waals surface area contributed by atoms with E-state index in [4.69, 9.17) is 4.74 Å². The van der Waals surface area contributed by atoms with Gasteiger partial charge in [-0.3, -0.25) is 9.59 Å². The number of rotatable bonds is 6. The van der Waals surface area contributed by atoms with Crippen LogP contribution in [0.4, 0.5) is 5.69 Å². The van der Waals surface area contributed by atoms with E-state index in [1.54, 1.807) is 11.3 Å². The molecule has 3 rings (SSSR count). The monoisotopic (exact) mass is 318 g/mol. The van der Waals surface area contributed by atoms with Gasteiger partial charge in [0.1, 0.15) is 17.1 Å². The summed E-state index contributed by atoms with van der Waals surface area (Å²) in [5.41, 5.74) is 1.55. The molecule has 0 spiro atoms. The highest BCUT2D eigenvalue weighted by Crippen LogP contribution is 2.44. The molecule has 0 fully saturated rings. The highest BCUT2D eigenvalue weighted by molar-refractivity contribution is 7.13. The van der Waals surface area contributed by atoms with Gasteiger partial charge in [-0.15, -0.1) is 11.3 Å². The Morgan fingerprint density at radius 3 is 2.73 bits per heavy atom. The minimum absolute atomic E-state index is 0.0659. The van der Waals surface area contributed by atoms with Gasteiger partial charge in [-0.1, -0.05) is 26.3 Å². The molecule has 1 unspecified atom stereocenters. The molecule has 2 N–H and O–H groups in total. The van der Waals surface area contributed by atoms with E-state index in [-0.39, 0.29) is 6.10 Å². The predicted molar refractivity (Wildman–Crippen MR) is 86.7 cm³/mol. The van der Waals surface area contributed by atoms with Gasteiger partial charge in [0.25, 0.3) is 11.7 Å². The minimum atomic E-state index is -0.604. The summed E-state index contributed by atoms with van der Waals surface area (Å²) in [5, 5.41) is 4.60. The lowest BCUT2D eigenvalue weighted by molar-refractivity contribution is -0.112. The summed E-state index contributed by atoms with van der Waals surface area (Å²) in [6.07, 6.45) is 2.89. The van der Waals surface area contributed by atoms with Crippen LogP contribution in [0.2, 0.25) is 0 Å². The lowest BCUT2D eigenvalue weighted by Gasteiger charge is -2.18. The number of aromatic amines is 1. The molecule has 0 aromatic carbocycles. The molecule has 0 bridgehead atoms. The van der Waals surface area contributed by atoms with Crippen LogP contribution in [-0.2, 0) is 4.79 Å². The molecule has 22 heavy (non-hydrogen) atoms. The van der Waals surface area contributed by atoms with E-state index in [9.17, 15) is 9.59 Å². The third-order valence-electron chi connectivity index (χ3n) is 3.74. The number of amides is 1. The fourth-order valence-electron chi connectivity index (χ4n) is 2.60. The first kappa shape index (κ1) is 14.8. The van der Waals surface area contributed by atoms with Crippen molar-refractivity contribution >= 4 is 28.7 Å². The lowest BCUT2D eigenvalue weighted by Crippen LogP contribution is -2.17. The van der Waals surface area contributed by atoms with E-state index in [2.05, 4.69) is 24.1 Å². The van der Waals surface area contributed by atoms with E-state index in [0.717, 1.165) is 29.8 Å². The highest BCUT2D eigenvalue weighted by Gasteiger charge is 2.36. The Bertz CT molecular complexity index is 703. The topological polar surface area (TPSA) is 71.2 Å². The smallest absolute Gasteiger partial charge is 0.298 e. The minimum Gasteiger partial charge on any atom is -0.486 e. The summed E-state index contributed by atoms with van der Waals surface area (Å²) in [6.45, 7) is 4.18. The number of Topliss-reactive ketones (excluding diaryl/α,β-unsaturated/α-hetero) is 1. The number of H-pyrrole nitrogens is 1. The molecule has 0 saturated heterocycles. The average Bonchev–Trinajstić information content (AvgIpc) is 3.19. The first-order chi connectivity index (χ1) is 10.7. The Kier molecular flexibility index (Phi) is 4.02. The quantitative estimate of drug-likeness (QED) is 0.795. The standard InChI is InChI=1S/C16H18N2O3S/c1-3-6-9(4-2)21-15-11(10-7-5-8-22-10)17-12-13(15)18-16(20)14(12)19/h5,7-9,17H,3-4,6H2,1-2H3,(H,18,19,20). The Morgan fingerprint density at radius 1 is 1.27 bits per heavy atom. The van der Waals surface area contributed by atoms with Crippen molar-refractivity contribution in [2.24, 2.45) is 0 Å². The van der Waals surface area contributed by atoms with Crippen molar-refractivity contribution in [2.45, 2.75) is 39.2 Å². The molecular weight excluding hydrogens is 300 g/mol. The molecule has 1 aliphatic rings. The maximum absolute atomic E-state index is 11.9. The fourth-order valence-corrected chi connectivity index (χ4v) is 3.33. The SMILES string of the molecule is CCCC(CC)Oc1c(-c2cccs2)[nH]c2c1NC(=O)C2=O. The Morgan fingerprint density at radius 2 is 2.09 bits per heavy atom. The van der Waals surface area contributed by atoms with Crippen molar-refractivity contribution in [3.8, 4) is 16.3 Å². The normalized spacial score (nSPS) is 14.8. The van der Waals surface area contributed by atoms with Gasteiger partial charge in [-0.2, -0.15) is 0 Å². The van der Waals surface area contributed by atoms with Crippen LogP contribution in [0.1, 0.15) is 43.6 Å². The molecule has 0 saturated carbocycles. The van der Waals surface area contributed by atoms with Gasteiger partial charge in [0.2, 0.25) is 0 Å². The van der Waals surface area contributed by atoms with Crippen LogP contribution >= 0.6 is 11.3 Å². The molecule has 1 atom stereocenters. The van der Waals surface area contributed by atoms with Crippen molar-refractivity contribution in [2.75, 3.05) is 5.32 Å². The zero-order valence-corrected chi connectivity index (χ0v) is 13.4. The number of aromatic nitrogens is 1. The van der Waals surface area contributed by atoms with Gasteiger partial charge in [0.15, 0.2) is 5.75 Å². The number of thiophene rings is 1. The van der Waals surface area contributed by atoms with Gasteiger partial charge >= 0.3 is 0 Å². The summed E-state index contributed by atoms with van der Waals surface area (Å²) in [5.74, 6) is -0.560. The van der Waals surface area contributed by atoms with Crippen molar-refractivity contribution < 1.29 is 14.3 Å². The van der Waals surface area contributed by atoms with Gasteiger partial charge in [0.05, 0.1) is 11.0 Å². The van der Waals surface area contributed by atoms with Crippen LogP contribution in [0, 0.1) is 0 Å². The number of anilines is 1. The van der Waals surface area contributed by atoms with E-state index in [0.29, 0.717) is 17.1 Å². The van der Waals surface area contributed by atoms with Crippen molar-refractivity contribution in [3.63, 3.8) is 0 Å². The van der Waals surface area contributed by atoms with Gasteiger partial charge in [0, 0.05) is 0 Å². The molecule has 0 aliphatic carbocycles. The van der Waals surface area contributed by atoms with Gasteiger partial charge in [-0.05, 0) is 24.3 Å². The van der Waals surface area contributed by atoms with Crippen LogP contribution in [-0.4, -0.2) is 22.8 Å². The molecule has 116 valence electrons. The summed E-state index contributed by atoms with van der Waals surface area (Å²) in [4.78, 5) is 27.6. The second-order valence-corrected chi connectivity index (χ2v) is 6.22. The molecule has 2 aromatic heterocycles. The first-order valence-electron chi connectivity index (χ1n) is 7.47. The second kappa shape index (κ2) is 5.96. The number of carbonyl (C=O) groups is 2. The summed E-state index contributed by atoms with van der Waals surface area (Å²) in [6, 6.07) is 3.91. The third kappa shape index (κ3) is 2.43. The van der Waals surface area contributed by atoms with E-state index in [1.165, 1.54) is 0 Å². The van der Waals surface area contributed by atoms with Crippen LogP contribution in [0.3, 0.4) is 0 Å². The third-order valence-corrected chi connectivity index (χ3v) is 4.63. The number of hydrogen-bond acceptors (Lipinski definition) is 4. The predicted octanol–water partition coefficient (Wildman–Crippen LogP) is 3.84. The first-order valence-corrected chi connectivity index (χ1v) is 8.35. The molecule has 0 radical (unpaired) electrons. The van der Waals surface area contributed by atoms with E-state index in [1.807, 2.05) is 17.5 Å². The molecule has 6 heteroatoms. The number of fused-ring (bicyclic) bond motifs is 1. The molecule has 3 heterocycles. The maximum atomic E-state index is 11.9. The molecular formula is C16H18N2O3S. The molecule has 1 aliphatic heterocycles. The Hall–Kier alpha value is -2.08. The largest absolute Gasteiger partial charge is 0.486 e. The van der Waals surface area contributed by atoms with E-state index >= 15 is 0 Å². The van der Waals surface area contributed by atoms with Crippen molar-refractivity contribution in [1.82, 2.24) is 4.98 Å². The zero-order chi connectivity index (χ0) is 15.7. The number of hydrogen-bond donors (Lipinski definition) is 2. The number of ether oxygens (including phenoxy) is 1. The Labute approximate surface area is 132 Å². The molecule has 2 aromatic rings. The Balaban J connectivity index is 2.04. The average molecular weight is 318 g/mol. The summed E-state index contributed by atoms with van der Waals surface area (Å²) >= 11 is 1.56. The molecule has 1 amide bonds. The zero-order valence-electron chi connectivity index (χ0n) is 12.6. The highest BCUT2D eigenvalue weighted by atomic mass is 32.1. The lowest BCUT2D eigenvalue weighted by atomic mass is 10.1. The van der Waals surface area contributed by atoms with Gasteiger partial charge < -0.3 is 15.0 Å². The van der Waals surface area contributed by atoms with Crippen LogP contribution in [0.15, 0.2) is 17.5 Å².